The molecule has 0 saturated heterocycles. The van der Waals surface area contributed by atoms with E-state index in [0.717, 1.165) is 0 Å². The molecule has 1 aromatic carbocycles. The fraction of sp³-hybridized carbons (Fsp3) is 0.231. The van der Waals surface area contributed by atoms with Gasteiger partial charge < -0.3 is 10.9 Å². The predicted molar refractivity (Wildman–Crippen MR) is 79.6 cm³/mol. The molecule has 1 aromatic heterocycles. The Morgan fingerprint density at radius 1 is 1.38 bits per heavy atom. The van der Waals surface area contributed by atoms with Crippen molar-refractivity contribution in [3.05, 3.63) is 36.7 Å². The molecule has 0 aliphatic carbocycles. The van der Waals surface area contributed by atoms with Crippen molar-refractivity contribution >= 4 is 26.6 Å². The van der Waals surface area contributed by atoms with Gasteiger partial charge in [-0.05, 0) is 26.0 Å². The van der Waals surface area contributed by atoms with Gasteiger partial charge in [-0.1, -0.05) is 17.3 Å². The van der Waals surface area contributed by atoms with E-state index >= 15 is 0 Å². The van der Waals surface area contributed by atoms with Gasteiger partial charge in [-0.2, -0.15) is 4.72 Å². The first-order chi connectivity index (χ1) is 9.78. The normalized spacial score (nSPS) is 13.5. The van der Waals surface area contributed by atoms with Crippen LogP contribution in [-0.4, -0.2) is 30.0 Å². The molecule has 8 heteroatoms. The third kappa shape index (κ3) is 2.96. The highest BCUT2D eigenvalue weighted by Crippen LogP contribution is 2.23. The van der Waals surface area contributed by atoms with Gasteiger partial charge >= 0.3 is 0 Å². The van der Waals surface area contributed by atoms with Gasteiger partial charge in [0.1, 0.15) is 0 Å². The van der Waals surface area contributed by atoms with E-state index in [2.05, 4.69) is 14.9 Å². The molecular formula is C13H16N4O3S. The number of nitrogens with zero attached hydrogens (tertiary/aromatic N) is 2. The van der Waals surface area contributed by atoms with Crippen LogP contribution in [0.2, 0.25) is 0 Å². The van der Waals surface area contributed by atoms with Crippen LogP contribution in [0.3, 0.4) is 0 Å². The van der Waals surface area contributed by atoms with Gasteiger partial charge in [0.15, 0.2) is 5.84 Å². The number of pyridine rings is 1. The SMILES string of the molecule is CC(C)(NS(=O)(=O)c1cccc2cnccc12)/C(N)=N/O. The van der Waals surface area contributed by atoms with Crippen molar-refractivity contribution in [2.24, 2.45) is 10.9 Å². The van der Waals surface area contributed by atoms with E-state index in [-0.39, 0.29) is 10.7 Å². The van der Waals surface area contributed by atoms with Crippen LogP contribution in [0, 0.1) is 0 Å². The molecule has 7 nitrogen and oxygen atoms in total. The van der Waals surface area contributed by atoms with Crippen LogP contribution in [-0.2, 0) is 10.0 Å². The van der Waals surface area contributed by atoms with E-state index in [1.165, 1.54) is 26.1 Å². The quantitative estimate of drug-likeness (QED) is 0.337. The summed E-state index contributed by atoms with van der Waals surface area (Å²) in [6.45, 7) is 3.01. The van der Waals surface area contributed by atoms with Crippen molar-refractivity contribution in [1.82, 2.24) is 9.71 Å². The molecule has 2 rings (SSSR count). The van der Waals surface area contributed by atoms with Crippen molar-refractivity contribution < 1.29 is 13.6 Å². The Bertz CT molecular complexity index is 795. The number of rotatable bonds is 4. The Labute approximate surface area is 122 Å². The summed E-state index contributed by atoms with van der Waals surface area (Å²) in [5.74, 6) is -0.229. The van der Waals surface area contributed by atoms with Crippen molar-refractivity contribution in [3.63, 3.8) is 0 Å². The molecule has 112 valence electrons. The van der Waals surface area contributed by atoms with E-state index in [1.807, 2.05) is 0 Å². The smallest absolute Gasteiger partial charge is 0.242 e. The van der Waals surface area contributed by atoms with Crippen molar-refractivity contribution in [2.75, 3.05) is 0 Å². The maximum Gasteiger partial charge on any atom is 0.242 e. The number of sulfonamides is 1. The molecule has 1 heterocycles. The summed E-state index contributed by atoms with van der Waals surface area (Å²) in [4.78, 5) is 4.08. The summed E-state index contributed by atoms with van der Waals surface area (Å²) in [5.41, 5.74) is 4.29. The molecule has 0 aliphatic rings. The summed E-state index contributed by atoms with van der Waals surface area (Å²) >= 11 is 0. The average Bonchev–Trinajstić information content (AvgIpc) is 2.44. The van der Waals surface area contributed by atoms with Crippen LogP contribution in [0.25, 0.3) is 10.8 Å². The third-order valence-corrected chi connectivity index (χ3v) is 4.78. The van der Waals surface area contributed by atoms with Crippen LogP contribution >= 0.6 is 0 Å². The largest absolute Gasteiger partial charge is 0.409 e. The van der Waals surface area contributed by atoms with Gasteiger partial charge in [0.2, 0.25) is 10.0 Å². The molecule has 0 unspecified atom stereocenters. The molecule has 21 heavy (non-hydrogen) atoms. The first-order valence-electron chi connectivity index (χ1n) is 6.12. The molecule has 0 bridgehead atoms. The molecule has 0 atom stereocenters. The zero-order valence-electron chi connectivity index (χ0n) is 11.6. The second-order valence-electron chi connectivity index (χ2n) is 5.07. The second kappa shape index (κ2) is 5.30. The van der Waals surface area contributed by atoms with Crippen LogP contribution in [0.15, 0.2) is 46.7 Å². The van der Waals surface area contributed by atoms with E-state index in [9.17, 15) is 8.42 Å². The fourth-order valence-corrected chi connectivity index (χ4v) is 3.51. The van der Waals surface area contributed by atoms with Crippen LogP contribution in [0.1, 0.15) is 13.8 Å². The highest BCUT2D eigenvalue weighted by Gasteiger charge is 2.31. The number of hydrogen-bond acceptors (Lipinski definition) is 5. The Balaban J connectivity index is 2.53. The van der Waals surface area contributed by atoms with E-state index in [0.29, 0.717) is 10.8 Å². The minimum absolute atomic E-state index is 0.112. The summed E-state index contributed by atoms with van der Waals surface area (Å²) < 4.78 is 27.5. The number of nitrogens with one attached hydrogen (secondary N) is 1. The van der Waals surface area contributed by atoms with Gasteiger partial charge in [-0.15, -0.1) is 0 Å². The summed E-state index contributed by atoms with van der Waals surface area (Å²) in [6, 6.07) is 6.53. The van der Waals surface area contributed by atoms with Crippen LogP contribution < -0.4 is 10.5 Å². The summed E-state index contributed by atoms with van der Waals surface area (Å²) in [6.07, 6.45) is 3.11. The topological polar surface area (TPSA) is 118 Å². The number of oxime groups is 1. The monoisotopic (exact) mass is 308 g/mol. The summed E-state index contributed by atoms with van der Waals surface area (Å²) in [5, 5.41) is 12.8. The van der Waals surface area contributed by atoms with Gasteiger partial charge in [0, 0.05) is 23.2 Å². The minimum Gasteiger partial charge on any atom is -0.409 e. The van der Waals surface area contributed by atoms with Crippen molar-refractivity contribution in [1.29, 1.82) is 0 Å². The van der Waals surface area contributed by atoms with Gasteiger partial charge in [0.05, 0.1) is 10.4 Å². The Morgan fingerprint density at radius 3 is 2.76 bits per heavy atom. The number of fused-ring (bicyclic) bond motifs is 1. The molecule has 0 aliphatic heterocycles. The molecule has 0 saturated carbocycles. The lowest BCUT2D eigenvalue weighted by Gasteiger charge is -2.24. The fourth-order valence-electron chi connectivity index (χ4n) is 1.90. The number of nitrogens with two attached hydrogens (primary N) is 1. The second-order valence-corrected chi connectivity index (χ2v) is 6.72. The maximum absolute atomic E-state index is 12.6. The number of amidine groups is 1. The Morgan fingerprint density at radius 2 is 2.10 bits per heavy atom. The first kappa shape index (κ1) is 15.2. The lowest BCUT2D eigenvalue weighted by Crippen LogP contribution is -2.53. The predicted octanol–water partition coefficient (Wildman–Crippen LogP) is 1.04. The maximum atomic E-state index is 12.6. The van der Waals surface area contributed by atoms with Crippen LogP contribution in [0.4, 0.5) is 0 Å². The molecule has 0 radical (unpaired) electrons. The Kier molecular flexibility index (Phi) is 3.84. The molecule has 0 spiro atoms. The number of benzene rings is 1. The van der Waals surface area contributed by atoms with Crippen molar-refractivity contribution in [3.8, 4) is 0 Å². The zero-order valence-corrected chi connectivity index (χ0v) is 12.4. The Hall–Kier alpha value is -2.19. The van der Waals surface area contributed by atoms with Gasteiger partial charge in [-0.3, -0.25) is 4.98 Å². The zero-order chi connectivity index (χ0) is 15.7. The van der Waals surface area contributed by atoms with E-state index in [1.54, 1.807) is 24.4 Å². The van der Waals surface area contributed by atoms with Gasteiger partial charge in [0.25, 0.3) is 0 Å². The number of aromatic nitrogens is 1. The standard InChI is InChI=1S/C13H16N4O3S/c1-13(2,12(14)16-18)17-21(19,20)11-5-3-4-9-8-15-7-6-10(9)11/h3-8,17-18H,1-2H3,(H2,14,16). The minimum atomic E-state index is -3.85. The first-order valence-corrected chi connectivity index (χ1v) is 7.61. The number of hydrogen-bond donors (Lipinski definition) is 3. The molecule has 0 fully saturated rings. The van der Waals surface area contributed by atoms with E-state index in [4.69, 9.17) is 10.9 Å². The highest BCUT2D eigenvalue weighted by molar-refractivity contribution is 7.89. The molecular weight excluding hydrogens is 292 g/mol. The summed E-state index contributed by atoms with van der Waals surface area (Å²) in [7, 11) is -3.85. The lowest BCUT2D eigenvalue weighted by atomic mass is 10.1. The van der Waals surface area contributed by atoms with Gasteiger partial charge in [-0.25, -0.2) is 8.42 Å². The van der Waals surface area contributed by atoms with Crippen LogP contribution in [0.5, 0.6) is 0 Å². The average molecular weight is 308 g/mol. The van der Waals surface area contributed by atoms with Crippen molar-refractivity contribution in [2.45, 2.75) is 24.3 Å². The highest BCUT2D eigenvalue weighted by atomic mass is 32.2. The molecule has 2 aromatic rings. The van der Waals surface area contributed by atoms with E-state index < -0.39 is 15.6 Å². The third-order valence-electron chi connectivity index (χ3n) is 3.07. The molecule has 4 N–H and O–H groups in total. The lowest BCUT2D eigenvalue weighted by molar-refractivity contribution is 0.312. The molecule has 0 amide bonds.